The summed E-state index contributed by atoms with van der Waals surface area (Å²) < 4.78 is 25.8. The highest BCUT2D eigenvalue weighted by Crippen LogP contribution is 2.31. The highest BCUT2D eigenvalue weighted by Gasteiger charge is 2.26. The zero-order valence-electron chi connectivity index (χ0n) is 16.3. The summed E-state index contributed by atoms with van der Waals surface area (Å²) in [5.41, 5.74) is 0.811. The lowest BCUT2D eigenvalue weighted by atomic mass is 10.2. The fourth-order valence-corrected chi connectivity index (χ4v) is 4.36. The molecule has 1 aromatic carbocycles. The SMILES string of the molecule is Cc1cc(C(=O)N(CCN2CCOCC2)c2nc3c(F)cccc3s2)c(C)o1.Cl. The van der Waals surface area contributed by atoms with E-state index in [1.54, 1.807) is 24.0 Å². The van der Waals surface area contributed by atoms with Crippen molar-refractivity contribution >= 4 is 45.0 Å². The molecule has 0 atom stereocenters. The molecule has 1 aliphatic rings. The van der Waals surface area contributed by atoms with Crippen LogP contribution in [0.2, 0.25) is 0 Å². The molecule has 0 aliphatic carbocycles. The number of amides is 1. The van der Waals surface area contributed by atoms with E-state index in [0.29, 0.717) is 54.0 Å². The van der Waals surface area contributed by atoms with Crippen molar-refractivity contribution in [2.24, 2.45) is 0 Å². The molecule has 0 radical (unpaired) electrons. The predicted molar refractivity (Wildman–Crippen MR) is 114 cm³/mol. The number of rotatable bonds is 5. The molecule has 3 aromatic rings. The van der Waals surface area contributed by atoms with Crippen molar-refractivity contribution in [3.63, 3.8) is 0 Å². The van der Waals surface area contributed by atoms with E-state index in [4.69, 9.17) is 9.15 Å². The number of morpholine rings is 1. The van der Waals surface area contributed by atoms with Crippen molar-refractivity contribution < 1.29 is 18.3 Å². The molecule has 156 valence electrons. The van der Waals surface area contributed by atoms with Gasteiger partial charge in [0.05, 0.1) is 23.5 Å². The Morgan fingerprint density at radius 2 is 2.07 bits per heavy atom. The van der Waals surface area contributed by atoms with Gasteiger partial charge in [0, 0.05) is 26.2 Å². The summed E-state index contributed by atoms with van der Waals surface area (Å²) in [4.78, 5) is 21.6. The lowest BCUT2D eigenvalue weighted by Crippen LogP contribution is -2.43. The summed E-state index contributed by atoms with van der Waals surface area (Å²) in [6.07, 6.45) is 0. The van der Waals surface area contributed by atoms with Gasteiger partial charge in [-0.25, -0.2) is 9.37 Å². The molecule has 0 unspecified atom stereocenters. The molecule has 2 aromatic heterocycles. The van der Waals surface area contributed by atoms with Crippen LogP contribution >= 0.6 is 23.7 Å². The summed E-state index contributed by atoms with van der Waals surface area (Å²) in [5, 5.41) is 0.497. The first-order chi connectivity index (χ1) is 13.5. The topological polar surface area (TPSA) is 58.8 Å². The number of ether oxygens (including phenoxy) is 1. The number of aryl methyl sites for hydroxylation is 2. The second-order valence-corrected chi connectivity index (χ2v) is 7.83. The second kappa shape index (κ2) is 9.21. The number of carbonyl (C=O) groups excluding carboxylic acids is 1. The van der Waals surface area contributed by atoms with Crippen molar-refractivity contribution in [2.45, 2.75) is 13.8 Å². The van der Waals surface area contributed by atoms with Gasteiger partial charge in [-0.05, 0) is 32.0 Å². The normalized spacial score (nSPS) is 14.7. The maximum atomic E-state index is 14.1. The predicted octanol–water partition coefficient (Wildman–Crippen LogP) is 4.05. The molecule has 0 N–H and O–H groups in total. The molecule has 1 saturated heterocycles. The Morgan fingerprint density at radius 1 is 1.31 bits per heavy atom. The zero-order chi connectivity index (χ0) is 19.7. The average molecular weight is 440 g/mol. The van der Waals surface area contributed by atoms with E-state index in [0.717, 1.165) is 17.8 Å². The Hall–Kier alpha value is -2.00. The lowest BCUT2D eigenvalue weighted by molar-refractivity contribution is 0.0391. The minimum Gasteiger partial charge on any atom is -0.466 e. The summed E-state index contributed by atoms with van der Waals surface area (Å²) in [5.74, 6) is 0.702. The number of fused-ring (bicyclic) bond motifs is 1. The molecular formula is C20H23ClFN3O3S. The van der Waals surface area contributed by atoms with E-state index in [1.807, 2.05) is 13.0 Å². The van der Waals surface area contributed by atoms with Crippen molar-refractivity contribution in [1.29, 1.82) is 0 Å². The molecule has 9 heteroatoms. The van der Waals surface area contributed by atoms with E-state index in [9.17, 15) is 9.18 Å². The number of aromatic nitrogens is 1. The standard InChI is InChI=1S/C20H22FN3O3S.ClH/c1-13-12-15(14(2)27-13)19(25)24(7-6-23-8-10-26-11-9-23)20-22-18-16(21)4-3-5-17(18)28-20;/h3-5,12H,6-11H2,1-2H3;1H. The first-order valence-electron chi connectivity index (χ1n) is 9.27. The van der Waals surface area contributed by atoms with Gasteiger partial charge in [0.15, 0.2) is 5.13 Å². The number of thiazole rings is 1. The number of nitrogens with zero attached hydrogens (tertiary/aromatic N) is 3. The van der Waals surface area contributed by atoms with Crippen molar-refractivity contribution in [2.75, 3.05) is 44.3 Å². The van der Waals surface area contributed by atoms with Crippen molar-refractivity contribution in [3.8, 4) is 0 Å². The largest absolute Gasteiger partial charge is 0.466 e. The van der Waals surface area contributed by atoms with E-state index >= 15 is 0 Å². The van der Waals surface area contributed by atoms with Crippen LogP contribution < -0.4 is 4.90 Å². The van der Waals surface area contributed by atoms with Gasteiger partial charge >= 0.3 is 0 Å². The maximum absolute atomic E-state index is 14.1. The van der Waals surface area contributed by atoms with Gasteiger partial charge in [-0.2, -0.15) is 0 Å². The summed E-state index contributed by atoms with van der Waals surface area (Å²) in [6, 6.07) is 6.60. The molecule has 29 heavy (non-hydrogen) atoms. The zero-order valence-corrected chi connectivity index (χ0v) is 17.9. The van der Waals surface area contributed by atoms with Gasteiger partial charge in [0.25, 0.3) is 5.91 Å². The molecule has 1 aliphatic heterocycles. The second-order valence-electron chi connectivity index (χ2n) is 6.82. The van der Waals surface area contributed by atoms with Crippen LogP contribution in [0.5, 0.6) is 0 Å². The number of hydrogen-bond acceptors (Lipinski definition) is 6. The average Bonchev–Trinajstić information content (AvgIpc) is 3.26. The molecule has 4 rings (SSSR count). The van der Waals surface area contributed by atoms with Crippen LogP contribution in [0.3, 0.4) is 0 Å². The molecule has 3 heterocycles. The van der Waals surface area contributed by atoms with Gasteiger partial charge in [0.1, 0.15) is 22.9 Å². The summed E-state index contributed by atoms with van der Waals surface area (Å²) >= 11 is 1.32. The van der Waals surface area contributed by atoms with Crippen molar-refractivity contribution in [3.05, 3.63) is 47.2 Å². The van der Waals surface area contributed by atoms with Crippen LogP contribution in [0, 0.1) is 19.7 Å². The van der Waals surface area contributed by atoms with E-state index in [-0.39, 0.29) is 24.1 Å². The van der Waals surface area contributed by atoms with Gasteiger partial charge in [-0.3, -0.25) is 14.6 Å². The maximum Gasteiger partial charge on any atom is 0.263 e. The number of halogens is 2. The van der Waals surface area contributed by atoms with Gasteiger partial charge in [-0.1, -0.05) is 17.4 Å². The van der Waals surface area contributed by atoms with Gasteiger partial charge in [-0.15, -0.1) is 12.4 Å². The number of anilines is 1. The number of carbonyl (C=O) groups is 1. The van der Waals surface area contributed by atoms with Crippen molar-refractivity contribution in [1.82, 2.24) is 9.88 Å². The Labute approximate surface area is 178 Å². The molecule has 0 spiro atoms. The van der Waals surface area contributed by atoms with E-state index in [2.05, 4.69) is 9.88 Å². The number of benzene rings is 1. The molecule has 1 fully saturated rings. The number of furan rings is 1. The number of hydrogen-bond donors (Lipinski definition) is 0. The van der Waals surface area contributed by atoms with Crippen LogP contribution in [0.25, 0.3) is 10.2 Å². The smallest absolute Gasteiger partial charge is 0.263 e. The quantitative estimate of drug-likeness (QED) is 0.600. The summed E-state index contributed by atoms with van der Waals surface area (Å²) in [7, 11) is 0. The lowest BCUT2D eigenvalue weighted by Gasteiger charge is -2.29. The monoisotopic (exact) mass is 439 g/mol. The first kappa shape index (κ1) is 21.7. The third-order valence-corrected chi connectivity index (χ3v) is 5.89. The minimum atomic E-state index is -0.379. The van der Waals surface area contributed by atoms with Crippen LogP contribution in [0.15, 0.2) is 28.7 Å². The Kier molecular flexibility index (Phi) is 6.89. The Bertz CT molecular complexity index is 1000. The Morgan fingerprint density at radius 3 is 2.72 bits per heavy atom. The first-order valence-corrected chi connectivity index (χ1v) is 10.1. The van der Waals surface area contributed by atoms with Crippen LogP contribution in [0.4, 0.5) is 9.52 Å². The van der Waals surface area contributed by atoms with Crippen LogP contribution in [-0.2, 0) is 4.74 Å². The summed E-state index contributed by atoms with van der Waals surface area (Å²) in [6.45, 7) is 7.81. The fourth-order valence-electron chi connectivity index (χ4n) is 3.36. The molecule has 6 nitrogen and oxygen atoms in total. The minimum absolute atomic E-state index is 0. The highest BCUT2D eigenvalue weighted by molar-refractivity contribution is 7.22. The van der Waals surface area contributed by atoms with Gasteiger partial charge < -0.3 is 9.15 Å². The van der Waals surface area contributed by atoms with Gasteiger partial charge in [0.2, 0.25) is 0 Å². The molecule has 0 bridgehead atoms. The third-order valence-electron chi connectivity index (χ3n) is 4.85. The van der Waals surface area contributed by atoms with Crippen LogP contribution in [0.1, 0.15) is 21.9 Å². The molecule has 0 saturated carbocycles. The van der Waals surface area contributed by atoms with Crippen LogP contribution in [-0.4, -0.2) is 55.2 Å². The Balaban J connectivity index is 0.00000240. The molecular weight excluding hydrogens is 417 g/mol. The van der Waals surface area contributed by atoms with E-state index < -0.39 is 0 Å². The molecule has 1 amide bonds. The fraction of sp³-hybridized carbons (Fsp3) is 0.400. The van der Waals surface area contributed by atoms with E-state index in [1.165, 1.54) is 17.4 Å². The number of para-hydroxylation sites is 1. The third kappa shape index (κ3) is 4.61. The highest BCUT2D eigenvalue weighted by atomic mass is 35.5.